The van der Waals surface area contributed by atoms with Crippen LogP contribution in [0.5, 0.6) is 0 Å². The monoisotopic (exact) mass is 336 g/mol. The van der Waals surface area contributed by atoms with Gasteiger partial charge in [-0.25, -0.2) is 10.3 Å². The molecule has 0 aliphatic heterocycles. The van der Waals surface area contributed by atoms with Crippen molar-refractivity contribution in [2.24, 2.45) is 10.2 Å². The van der Waals surface area contributed by atoms with Crippen LogP contribution in [-0.4, -0.2) is 16.9 Å². The van der Waals surface area contributed by atoms with Crippen LogP contribution in [0.15, 0.2) is 81.8 Å². The third-order valence-corrected chi connectivity index (χ3v) is 3.03. The number of hydrogen-bond acceptors (Lipinski definition) is 7. The van der Waals surface area contributed by atoms with Gasteiger partial charge < -0.3 is 9.25 Å². The molecule has 0 saturated heterocycles. The second-order valence-electron chi connectivity index (χ2n) is 4.76. The molecule has 25 heavy (non-hydrogen) atoms. The Kier molecular flexibility index (Phi) is 4.91. The summed E-state index contributed by atoms with van der Waals surface area (Å²) < 4.78 is 4.92. The van der Waals surface area contributed by atoms with Crippen LogP contribution >= 0.6 is 0 Å². The van der Waals surface area contributed by atoms with E-state index in [0.717, 1.165) is 0 Å². The second-order valence-corrected chi connectivity index (χ2v) is 4.76. The van der Waals surface area contributed by atoms with Gasteiger partial charge in [0.05, 0.1) is 17.6 Å². The van der Waals surface area contributed by atoms with Gasteiger partial charge in [0.1, 0.15) is 0 Å². The molecule has 0 bridgehead atoms. The Balaban J connectivity index is 1.56. The number of amides is 1. The summed E-state index contributed by atoms with van der Waals surface area (Å²) in [5, 5.41) is 7.51. The third-order valence-electron chi connectivity index (χ3n) is 3.03. The molecule has 0 spiro atoms. The van der Waals surface area contributed by atoms with Crippen molar-refractivity contribution in [3.05, 3.63) is 78.5 Å². The predicted molar refractivity (Wildman–Crippen MR) is 87.3 cm³/mol. The van der Waals surface area contributed by atoms with Gasteiger partial charge >= 0.3 is 5.97 Å². The van der Waals surface area contributed by atoms with Crippen LogP contribution in [0.2, 0.25) is 0 Å². The maximum Gasteiger partial charge on any atom is 0.398 e. The Morgan fingerprint density at radius 3 is 2.48 bits per heavy atom. The highest BCUT2D eigenvalue weighted by atomic mass is 16.7. The molecule has 1 aromatic carbocycles. The molecule has 2 aromatic heterocycles. The van der Waals surface area contributed by atoms with Crippen LogP contribution in [0.3, 0.4) is 0 Å². The summed E-state index contributed by atoms with van der Waals surface area (Å²) in [4.78, 5) is 32.1. The summed E-state index contributed by atoms with van der Waals surface area (Å²) in [6.45, 7) is 0. The Morgan fingerprint density at radius 2 is 1.80 bits per heavy atom. The molecule has 3 aromatic rings. The molecule has 0 aliphatic rings. The van der Waals surface area contributed by atoms with Crippen molar-refractivity contribution in [1.29, 1.82) is 0 Å². The van der Waals surface area contributed by atoms with Crippen molar-refractivity contribution >= 4 is 23.3 Å². The number of carbonyl (C=O) groups is 2. The van der Waals surface area contributed by atoms with E-state index in [9.17, 15) is 9.59 Å². The molecule has 3 rings (SSSR count). The largest absolute Gasteiger partial charge is 0.457 e. The molecule has 0 aliphatic carbocycles. The number of nitrogens with zero attached hydrogens (tertiary/aromatic N) is 3. The Hall–Kier alpha value is -3.81. The first-order chi connectivity index (χ1) is 12.2. The highest BCUT2D eigenvalue weighted by molar-refractivity contribution is 5.94. The Bertz CT molecular complexity index is 875. The topological polar surface area (TPSA) is 106 Å². The lowest BCUT2D eigenvalue weighted by Crippen LogP contribution is -2.09. The van der Waals surface area contributed by atoms with Crippen molar-refractivity contribution in [3.8, 4) is 0 Å². The van der Waals surface area contributed by atoms with Crippen LogP contribution in [0, 0.1) is 0 Å². The van der Waals surface area contributed by atoms with Gasteiger partial charge in [0.15, 0.2) is 0 Å². The first-order valence-electron chi connectivity index (χ1n) is 7.19. The number of benzene rings is 1. The van der Waals surface area contributed by atoms with E-state index in [0.29, 0.717) is 16.9 Å². The Morgan fingerprint density at radius 1 is 1.04 bits per heavy atom. The van der Waals surface area contributed by atoms with Crippen LogP contribution in [0.1, 0.15) is 20.9 Å². The second kappa shape index (κ2) is 7.64. The van der Waals surface area contributed by atoms with Crippen molar-refractivity contribution in [2.75, 3.05) is 5.48 Å². The number of nitrogens with one attached hydrogen (secondary N) is 1. The predicted octanol–water partition coefficient (Wildman–Crippen LogP) is 3.78. The van der Waals surface area contributed by atoms with Crippen molar-refractivity contribution in [3.63, 3.8) is 0 Å². The quantitative estimate of drug-likeness (QED) is 0.561. The molecule has 2 heterocycles. The highest BCUT2D eigenvalue weighted by Gasteiger charge is 2.10. The summed E-state index contributed by atoms with van der Waals surface area (Å²) in [6, 6.07) is 12.7. The van der Waals surface area contributed by atoms with Crippen molar-refractivity contribution in [1.82, 2.24) is 4.98 Å². The van der Waals surface area contributed by atoms with Crippen molar-refractivity contribution < 1.29 is 18.8 Å². The molecule has 1 amide bonds. The summed E-state index contributed by atoms with van der Waals surface area (Å²) >= 11 is 0. The number of anilines is 1. The highest BCUT2D eigenvalue weighted by Crippen LogP contribution is 2.17. The van der Waals surface area contributed by atoms with Gasteiger partial charge in [-0.1, -0.05) is 0 Å². The maximum absolute atomic E-state index is 11.8. The lowest BCUT2D eigenvalue weighted by atomic mass is 10.3. The van der Waals surface area contributed by atoms with Gasteiger partial charge in [-0.3, -0.25) is 9.78 Å². The van der Waals surface area contributed by atoms with Crippen molar-refractivity contribution in [2.45, 2.75) is 0 Å². The van der Waals surface area contributed by atoms with E-state index in [4.69, 9.17) is 9.25 Å². The van der Waals surface area contributed by atoms with Gasteiger partial charge in [0, 0.05) is 18.0 Å². The minimum absolute atomic E-state index is 0.0903. The molecule has 0 fully saturated rings. The summed E-state index contributed by atoms with van der Waals surface area (Å²) in [6.07, 6.45) is 4.39. The fourth-order valence-corrected chi connectivity index (χ4v) is 1.80. The average Bonchev–Trinajstić information content (AvgIpc) is 3.20. The van der Waals surface area contributed by atoms with Gasteiger partial charge in [-0.05, 0) is 48.5 Å². The van der Waals surface area contributed by atoms with Crippen LogP contribution < -0.4 is 5.48 Å². The fraction of sp³-hybridized carbons (Fsp3) is 0. The van der Waals surface area contributed by atoms with E-state index in [1.165, 1.54) is 24.7 Å². The molecule has 0 saturated carbocycles. The van der Waals surface area contributed by atoms with Gasteiger partial charge in [-0.2, -0.15) is 0 Å². The van der Waals surface area contributed by atoms with E-state index in [-0.39, 0.29) is 5.76 Å². The maximum atomic E-state index is 11.8. The Labute approximate surface area is 142 Å². The van der Waals surface area contributed by atoms with Crippen LogP contribution in [0.25, 0.3) is 0 Å². The molecular weight excluding hydrogens is 324 g/mol. The number of furan rings is 1. The van der Waals surface area contributed by atoms with E-state index >= 15 is 0 Å². The van der Waals surface area contributed by atoms with E-state index in [1.54, 1.807) is 42.5 Å². The lowest BCUT2D eigenvalue weighted by molar-refractivity contribution is 0.0560. The zero-order chi connectivity index (χ0) is 17.5. The zero-order valence-electron chi connectivity index (χ0n) is 12.8. The summed E-state index contributed by atoms with van der Waals surface area (Å²) in [7, 11) is 0. The SMILES string of the molecule is O=C(N=Nc1ccc(NOC(=O)c2ccco2)cc1)c1ccncc1. The zero-order valence-corrected chi connectivity index (χ0v) is 12.8. The van der Waals surface area contributed by atoms with E-state index < -0.39 is 11.9 Å². The molecule has 1 N–H and O–H groups in total. The number of azo groups is 1. The molecular formula is C17H12N4O4. The standard InChI is InChI=1S/C17H12N4O4/c22-16(12-7-9-18-10-8-12)20-19-13-3-5-14(6-4-13)21-25-17(23)15-2-1-11-24-15/h1-11,21H. The molecule has 8 nitrogen and oxygen atoms in total. The molecule has 124 valence electrons. The first kappa shape index (κ1) is 16.1. The third kappa shape index (κ3) is 4.35. The molecule has 0 unspecified atom stereocenters. The normalized spacial score (nSPS) is 10.6. The fourth-order valence-electron chi connectivity index (χ4n) is 1.80. The smallest absolute Gasteiger partial charge is 0.398 e. The van der Waals surface area contributed by atoms with E-state index in [1.807, 2.05) is 0 Å². The molecule has 0 atom stereocenters. The minimum Gasteiger partial charge on any atom is -0.457 e. The van der Waals surface area contributed by atoms with Gasteiger partial charge in [0.2, 0.25) is 5.76 Å². The number of hydrogen-bond donors (Lipinski definition) is 1. The number of carbonyl (C=O) groups excluding carboxylic acids is 2. The van der Waals surface area contributed by atoms with Gasteiger partial charge in [0.25, 0.3) is 5.91 Å². The van der Waals surface area contributed by atoms with Crippen LogP contribution in [0.4, 0.5) is 11.4 Å². The number of rotatable bonds is 5. The van der Waals surface area contributed by atoms with Crippen LogP contribution in [-0.2, 0) is 4.84 Å². The number of pyridine rings is 1. The molecule has 8 heteroatoms. The average molecular weight is 336 g/mol. The minimum atomic E-state index is -0.642. The summed E-state index contributed by atoms with van der Waals surface area (Å²) in [5.74, 6) is -1.01. The lowest BCUT2D eigenvalue weighted by Gasteiger charge is -2.05. The number of aromatic nitrogens is 1. The first-order valence-corrected chi connectivity index (χ1v) is 7.19. The molecule has 0 radical (unpaired) electrons. The van der Waals surface area contributed by atoms with Gasteiger partial charge in [-0.15, -0.1) is 10.2 Å². The van der Waals surface area contributed by atoms with E-state index in [2.05, 4.69) is 20.7 Å². The summed E-state index contributed by atoms with van der Waals surface area (Å²) in [5.41, 5.74) is 3.90.